The van der Waals surface area contributed by atoms with Gasteiger partial charge in [0, 0.05) is 17.2 Å². The van der Waals surface area contributed by atoms with Gasteiger partial charge in [-0.2, -0.15) is 0 Å². The van der Waals surface area contributed by atoms with Crippen molar-refractivity contribution in [2.45, 2.75) is 53.4 Å². The Morgan fingerprint density at radius 2 is 1.77 bits per heavy atom. The van der Waals surface area contributed by atoms with Crippen LogP contribution < -0.4 is 4.74 Å². The standard InChI is InChI=1S/C25H28O5/c1-5-14-29-21(27)18-11-10-16-8-6-7-9-17(16)20(18)30-22(28)25-13-12-24(4,19(26)15-25)23(25,2)3/h6-11H,5,12-15H2,1-4H3. The second-order valence-corrected chi connectivity index (χ2v) is 9.33. The fourth-order valence-corrected chi connectivity index (χ4v) is 5.29. The number of esters is 2. The van der Waals surface area contributed by atoms with Gasteiger partial charge in [0.2, 0.25) is 0 Å². The largest absolute Gasteiger partial charge is 0.462 e. The number of carbonyl (C=O) groups excluding carboxylic acids is 3. The van der Waals surface area contributed by atoms with Gasteiger partial charge in [-0.05, 0) is 36.1 Å². The van der Waals surface area contributed by atoms with Crippen LogP contribution in [-0.2, 0) is 14.3 Å². The molecule has 2 aliphatic carbocycles. The summed E-state index contributed by atoms with van der Waals surface area (Å²) in [7, 11) is 0. The Morgan fingerprint density at radius 3 is 2.40 bits per heavy atom. The van der Waals surface area contributed by atoms with Crippen LogP contribution in [0.3, 0.4) is 0 Å². The van der Waals surface area contributed by atoms with Gasteiger partial charge in [0.25, 0.3) is 0 Å². The number of carbonyl (C=O) groups is 3. The van der Waals surface area contributed by atoms with Crippen molar-refractivity contribution < 1.29 is 23.9 Å². The van der Waals surface area contributed by atoms with Gasteiger partial charge in [-0.1, -0.05) is 58.0 Å². The van der Waals surface area contributed by atoms with E-state index in [1.807, 2.05) is 58.0 Å². The van der Waals surface area contributed by atoms with Gasteiger partial charge in [0.1, 0.15) is 11.3 Å². The summed E-state index contributed by atoms with van der Waals surface area (Å²) in [6.45, 7) is 8.16. The normalized spacial score (nSPS) is 26.7. The topological polar surface area (TPSA) is 69.7 Å². The first kappa shape index (κ1) is 20.6. The molecule has 0 amide bonds. The van der Waals surface area contributed by atoms with E-state index in [9.17, 15) is 14.4 Å². The van der Waals surface area contributed by atoms with Crippen molar-refractivity contribution in [2.75, 3.05) is 6.61 Å². The number of ether oxygens (including phenoxy) is 2. The highest BCUT2D eigenvalue weighted by molar-refractivity contribution is 6.04. The lowest BCUT2D eigenvalue weighted by Gasteiger charge is -2.38. The van der Waals surface area contributed by atoms with Crippen molar-refractivity contribution >= 4 is 28.5 Å². The molecule has 2 unspecified atom stereocenters. The van der Waals surface area contributed by atoms with Crippen LogP contribution in [0.1, 0.15) is 63.7 Å². The highest BCUT2D eigenvalue weighted by Crippen LogP contribution is 2.70. The molecule has 0 saturated heterocycles. The molecule has 2 atom stereocenters. The molecule has 30 heavy (non-hydrogen) atoms. The average molecular weight is 408 g/mol. The second-order valence-electron chi connectivity index (χ2n) is 9.33. The van der Waals surface area contributed by atoms with Crippen LogP contribution in [0.15, 0.2) is 36.4 Å². The van der Waals surface area contributed by atoms with E-state index in [4.69, 9.17) is 9.47 Å². The molecular formula is C25H28O5. The quantitative estimate of drug-likeness (QED) is 0.509. The molecule has 0 radical (unpaired) electrons. The third-order valence-electron chi connectivity index (χ3n) is 7.83. The molecule has 0 heterocycles. The van der Waals surface area contributed by atoms with Crippen LogP contribution in [0, 0.1) is 16.2 Å². The predicted octanol–water partition coefficient (Wildman–Crippen LogP) is 5.10. The number of Topliss-reactive ketones (excluding diaryl/α,β-unsaturated/α-hetero) is 1. The number of hydrogen-bond donors (Lipinski definition) is 0. The zero-order valence-corrected chi connectivity index (χ0v) is 18.0. The maximum absolute atomic E-state index is 13.6. The second kappa shape index (κ2) is 6.93. The van der Waals surface area contributed by atoms with E-state index < -0.39 is 28.2 Å². The number of rotatable bonds is 5. The predicted molar refractivity (Wildman–Crippen MR) is 113 cm³/mol. The zero-order valence-electron chi connectivity index (χ0n) is 18.0. The Morgan fingerprint density at radius 1 is 1.03 bits per heavy atom. The molecular weight excluding hydrogens is 380 g/mol. The molecule has 2 bridgehead atoms. The minimum Gasteiger partial charge on any atom is -0.462 e. The van der Waals surface area contributed by atoms with Crippen molar-refractivity contribution in [3.05, 3.63) is 42.0 Å². The van der Waals surface area contributed by atoms with E-state index in [1.54, 1.807) is 6.07 Å². The lowest BCUT2D eigenvalue weighted by molar-refractivity contribution is -0.151. The lowest BCUT2D eigenvalue weighted by Crippen LogP contribution is -2.42. The minimum atomic E-state index is -0.875. The number of benzene rings is 2. The molecule has 0 N–H and O–H groups in total. The number of ketones is 1. The Labute approximate surface area is 176 Å². The van der Waals surface area contributed by atoms with Crippen molar-refractivity contribution in [2.24, 2.45) is 16.2 Å². The fourth-order valence-electron chi connectivity index (χ4n) is 5.29. The number of fused-ring (bicyclic) bond motifs is 3. The molecule has 0 spiro atoms. The first-order chi connectivity index (χ1) is 14.2. The van der Waals surface area contributed by atoms with Gasteiger partial charge < -0.3 is 9.47 Å². The summed E-state index contributed by atoms with van der Waals surface area (Å²) in [6, 6.07) is 10.9. The molecule has 2 fully saturated rings. The van der Waals surface area contributed by atoms with E-state index in [0.29, 0.717) is 31.3 Å². The maximum atomic E-state index is 13.6. The van der Waals surface area contributed by atoms with Crippen LogP contribution in [0.5, 0.6) is 5.75 Å². The molecule has 158 valence electrons. The summed E-state index contributed by atoms with van der Waals surface area (Å²) in [5.74, 6) is -0.600. The van der Waals surface area contributed by atoms with Crippen molar-refractivity contribution in [1.82, 2.24) is 0 Å². The molecule has 0 aliphatic heterocycles. The lowest BCUT2D eigenvalue weighted by atomic mass is 9.65. The SMILES string of the molecule is CCCOC(=O)c1ccc2ccccc2c1OC(=O)C12CCC(C)(C(=O)C1)C2(C)C. The fraction of sp³-hybridized carbons (Fsp3) is 0.480. The van der Waals surface area contributed by atoms with Gasteiger partial charge in [0.15, 0.2) is 5.75 Å². The van der Waals surface area contributed by atoms with Crippen LogP contribution in [0.25, 0.3) is 10.8 Å². The summed E-state index contributed by atoms with van der Waals surface area (Å²) in [5, 5.41) is 1.54. The molecule has 2 aromatic carbocycles. The summed E-state index contributed by atoms with van der Waals surface area (Å²) in [4.78, 5) is 39.1. The average Bonchev–Trinajstić information content (AvgIpc) is 3.02. The van der Waals surface area contributed by atoms with Gasteiger partial charge >= 0.3 is 11.9 Å². The summed E-state index contributed by atoms with van der Waals surface area (Å²) >= 11 is 0. The Bertz CT molecular complexity index is 1050. The Balaban J connectivity index is 1.77. The van der Waals surface area contributed by atoms with Gasteiger partial charge in [-0.15, -0.1) is 0 Å². The molecule has 2 aliphatic rings. The van der Waals surface area contributed by atoms with E-state index in [0.717, 1.165) is 5.39 Å². The molecule has 5 heteroatoms. The van der Waals surface area contributed by atoms with Crippen LogP contribution >= 0.6 is 0 Å². The van der Waals surface area contributed by atoms with Crippen LogP contribution in [-0.4, -0.2) is 24.3 Å². The van der Waals surface area contributed by atoms with Crippen LogP contribution in [0.2, 0.25) is 0 Å². The minimum absolute atomic E-state index is 0.121. The van der Waals surface area contributed by atoms with Gasteiger partial charge in [-0.3, -0.25) is 9.59 Å². The van der Waals surface area contributed by atoms with Crippen molar-refractivity contribution in [3.8, 4) is 5.75 Å². The zero-order chi connectivity index (χ0) is 21.7. The highest BCUT2D eigenvalue weighted by Gasteiger charge is 2.73. The first-order valence-corrected chi connectivity index (χ1v) is 10.6. The van der Waals surface area contributed by atoms with Gasteiger partial charge in [-0.25, -0.2) is 4.79 Å². The van der Waals surface area contributed by atoms with E-state index in [2.05, 4.69) is 0 Å². The van der Waals surface area contributed by atoms with Crippen molar-refractivity contribution in [1.29, 1.82) is 0 Å². The third-order valence-corrected chi connectivity index (χ3v) is 7.83. The number of hydrogen-bond acceptors (Lipinski definition) is 5. The summed E-state index contributed by atoms with van der Waals surface area (Å²) in [5.41, 5.74) is -1.68. The molecule has 5 nitrogen and oxygen atoms in total. The molecule has 4 rings (SSSR count). The molecule has 0 aromatic heterocycles. The van der Waals surface area contributed by atoms with E-state index in [-0.39, 0.29) is 23.5 Å². The molecule has 2 saturated carbocycles. The smallest absolute Gasteiger partial charge is 0.341 e. The first-order valence-electron chi connectivity index (χ1n) is 10.6. The Hall–Kier alpha value is -2.69. The Kier molecular flexibility index (Phi) is 4.75. The van der Waals surface area contributed by atoms with E-state index >= 15 is 0 Å². The van der Waals surface area contributed by atoms with Gasteiger partial charge in [0.05, 0.1) is 12.0 Å². The van der Waals surface area contributed by atoms with Crippen molar-refractivity contribution in [3.63, 3.8) is 0 Å². The van der Waals surface area contributed by atoms with Crippen LogP contribution in [0.4, 0.5) is 0 Å². The maximum Gasteiger partial charge on any atom is 0.341 e. The third kappa shape index (κ3) is 2.64. The summed E-state index contributed by atoms with van der Waals surface area (Å²) in [6.07, 6.45) is 2.18. The monoisotopic (exact) mass is 408 g/mol. The van der Waals surface area contributed by atoms with E-state index in [1.165, 1.54) is 0 Å². The highest BCUT2D eigenvalue weighted by atomic mass is 16.5. The molecule has 2 aromatic rings. The summed E-state index contributed by atoms with van der Waals surface area (Å²) < 4.78 is 11.3.